The molecule has 2 aliphatic heterocycles. The number of fused-ring (bicyclic) bond motifs is 1. The van der Waals surface area contributed by atoms with E-state index in [1.165, 1.54) is 0 Å². The minimum atomic E-state index is -1.27. The average molecular weight is 527 g/mol. The molecule has 206 valence electrons. The van der Waals surface area contributed by atoms with Gasteiger partial charge in [0.1, 0.15) is 18.0 Å². The molecule has 2 aliphatic rings. The molecule has 0 amide bonds. The summed E-state index contributed by atoms with van der Waals surface area (Å²) in [6.45, 7) is 12.6. The number of carbonyl (C=O) groups is 2. The van der Waals surface area contributed by atoms with Crippen LogP contribution in [0.5, 0.6) is 0 Å². The lowest BCUT2D eigenvalue weighted by molar-refractivity contribution is -0.157. The Balaban J connectivity index is 0.00000361. The number of esters is 1. The van der Waals surface area contributed by atoms with Crippen molar-refractivity contribution < 1.29 is 32.1 Å². The lowest BCUT2D eigenvalue weighted by atomic mass is 9.73. The summed E-state index contributed by atoms with van der Waals surface area (Å²) in [4.78, 5) is 30.7. The van der Waals surface area contributed by atoms with Crippen LogP contribution in [0, 0.1) is 24.2 Å². The smallest absolute Gasteiger partial charge is 0.308 e. The van der Waals surface area contributed by atoms with Crippen molar-refractivity contribution >= 4 is 29.2 Å². The first-order valence-electron chi connectivity index (χ1n) is 12.8. The van der Waals surface area contributed by atoms with Gasteiger partial charge in [0.2, 0.25) is 0 Å². The summed E-state index contributed by atoms with van der Waals surface area (Å²) >= 11 is 1.54. The third kappa shape index (κ3) is 6.25. The number of nitrogens with zero attached hydrogens (tertiary/aromatic N) is 1. The summed E-state index contributed by atoms with van der Waals surface area (Å²) in [6, 6.07) is -0.633. The molecule has 0 radical (unpaired) electrons. The molecule has 0 bridgehead atoms. The van der Waals surface area contributed by atoms with Gasteiger partial charge in [-0.3, -0.25) is 9.59 Å². The molecular formula is C27H46N2O6S. The Kier molecular flexibility index (Phi) is 8.83. The van der Waals surface area contributed by atoms with Crippen LogP contribution in [0.4, 0.5) is 0 Å². The maximum atomic E-state index is 13.2. The van der Waals surface area contributed by atoms with Gasteiger partial charge in [-0.2, -0.15) is 0 Å². The molecule has 36 heavy (non-hydrogen) atoms. The standard InChI is InChI=1S/C27H42N2O6S.2H2/c1-14-9-8-10-27(7)25(35-27)23(21(28)15(2)11-18-13-36-17(4)29-18)34-20(31)12-19(30)26(5,6)24(33)16(3)22(14)32;;/h11,13-14,16,19,21-23,25,30,32H,8-10,12,28H2,1-7H3;2*1H/b15-11+;;. The predicted molar refractivity (Wildman–Crippen MR) is 143 cm³/mol. The number of aromatic nitrogens is 1. The van der Waals surface area contributed by atoms with Gasteiger partial charge in [0.15, 0.2) is 0 Å². The predicted octanol–water partition coefficient (Wildman–Crippen LogP) is 3.91. The summed E-state index contributed by atoms with van der Waals surface area (Å²) < 4.78 is 12.0. The maximum Gasteiger partial charge on any atom is 0.308 e. The number of aliphatic hydroxyl groups excluding tert-OH is 2. The van der Waals surface area contributed by atoms with Crippen molar-refractivity contribution in [2.45, 2.75) is 110 Å². The highest BCUT2D eigenvalue weighted by atomic mass is 32.1. The van der Waals surface area contributed by atoms with Gasteiger partial charge < -0.3 is 25.4 Å². The van der Waals surface area contributed by atoms with E-state index in [0.717, 1.165) is 22.7 Å². The Bertz CT molecular complexity index is 1000. The first-order chi connectivity index (χ1) is 16.7. The number of ether oxygens (including phenoxy) is 2. The van der Waals surface area contributed by atoms with Crippen LogP contribution in [0.3, 0.4) is 0 Å². The lowest BCUT2D eigenvalue weighted by Crippen LogP contribution is -2.47. The highest BCUT2D eigenvalue weighted by molar-refractivity contribution is 7.09. The third-order valence-electron chi connectivity index (χ3n) is 8.07. The van der Waals surface area contributed by atoms with E-state index in [4.69, 9.17) is 15.2 Å². The van der Waals surface area contributed by atoms with E-state index in [0.29, 0.717) is 12.8 Å². The summed E-state index contributed by atoms with van der Waals surface area (Å²) in [6.07, 6.45) is 0.464. The van der Waals surface area contributed by atoms with Crippen molar-refractivity contribution in [2.24, 2.45) is 23.0 Å². The number of aryl methyl sites for hydroxylation is 1. The van der Waals surface area contributed by atoms with E-state index >= 15 is 0 Å². The molecule has 0 spiro atoms. The summed E-state index contributed by atoms with van der Waals surface area (Å²) in [7, 11) is 0. The summed E-state index contributed by atoms with van der Waals surface area (Å²) in [5.41, 5.74) is 6.47. The van der Waals surface area contributed by atoms with Gasteiger partial charge in [-0.1, -0.05) is 39.7 Å². The molecule has 8 unspecified atom stereocenters. The Morgan fingerprint density at radius 3 is 2.58 bits per heavy atom. The quantitative estimate of drug-likeness (QED) is 0.399. The highest BCUT2D eigenvalue weighted by Gasteiger charge is 2.59. The Labute approximate surface area is 221 Å². The number of cyclic esters (lactones) is 1. The number of hydrogen-bond donors (Lipinski definition) is 3. The lowest BCUT2D eigenvalue weighted by Gasteiger charge is -2.34. The van der Waals surface area contributed by atoms with Crippen LogP contribution in [0.2, 0.25) is 0 Å². The SMILES string of the molecule is C/C(=C\c1csc(C)n1)C(N)C1OC(=O)CC(O)C(C)(C)C(=O)C(C)C(O)C(C)CCCC2(C)OC12.[HH].[HH]. The number of epoxide rings is 1. The zero-order valence-electron chi connectivity index (χ0n) is 22.5. The molecule has 1 aromatic heterocycles. The summed E-state index contributed by atoms with van der Waals surface area (Å²) in [5.74, 6) is -1.70. The van der Waals surface area contributed by atoms with Crippen molar-refractivity contribution in [2.75, 3.05) is 0 Å². The van der Waals surface area contributed by atoms with Crippen LogP contribution in [0.15, 0.2) is 11.0 Å². The van der Waals surface area contributed by atoms with Gasteiger partial charge >= 0.3 is 5.97 Å². The van der Waals surface area contributed by atoms with Crippen LogP contribution in [0.25, 0.3) is 6.08 Å². The van der Waals surface area contributed by atoms with E-state index in [-0.39, 0.29) is 21.0 Å². The molecule has 0 aromatic carbocycles. The highest BCUT2D eigenvalue weighted by Crippen LogP contribution is 2.45. The molecule has 8 nitrogen and oxygen atoms in total. The first-order valence-corrected chi connectivity index (χ1v) is 13.7. The number of ketones is 1. The Hall–Kier alpha value is -1.65. The molecule has 3 rings (SSSR count). The fourth-order valence-electron chi connectivity index (χ4n) is 5.19. The van der Waals surface area contributed by atoms with E-state index < -0.39 is 53.4 Å². The average Bonchev–Trinajstić information content (AvgIpc) is 3.30. The van der Waals surface area contributed by atoms with Crippen molar-refractivity contribution in [3.8, 4) is 0 Å². The van der Waals surface area contributed by atoms with Crippen LogP contribution in [-0.2, 0) is 19.1 Å². The molecule has 1 aromatic rings. The number of aliphatic hydroxyl groups is 2. The van der Waals surface area contributed by atoms with Crippen molar-refractivity contribution in [3.63, 3.8) is 0 Å². The maximum absolute atomic E-state index is 13.2. The minimum Gasteiger partial charge on any atom is -0.457 e. The topological polar surface area (TPSA) is 135 Å². The van der Waals surface area contributed by atoms with Gasteiger partial charge in [0.05, 0.1) is 46.4 Å². The monoisotopic (exact) mass is 526 g/mol. The van der Waals surface area contributed by atoms with Gasteiger partial charge in [-0.05, 0) is 45.6 Å². The second kappa shape index (κ2) is 11.0. The number of thiazole rings is 1. The zero-order valence-corrected chi connectivity index (χ0v) is 23.3. The van der Waals surface area contributed by atoms with E-state index in [9.17, 15) is 19.8 Å². The van der Waals surface area contributed by atoms with Gasteiger partial charge in [0.25, 0.3) is 0 Å². The van der Waals surface area contributed by atoms with E-state index in [1.807, 2.05) is 39.2 Å². The van der Waals surface area contributed by atoms with Crippen LogP contribution in [0.1, 0.15) is 80.8 Å². The van der Waals surface area contributed by atoms with Gasteiger partial charge in [0, 0.05) is 14.2 Å². The molecule has 2 saturated heterocycles. The molecule has 3 heterocycles. The first kappa shape index (κ1) is 28.9. The second-order valence-electron chi connectivity index (χ2n) is 11.5. The molecule has 2 fully saturated rings. The number of nitrogens with two attached hydrogens (primary N) is 1. The van der Waals surface area contributed by atoms with Crippen LogP contribution >= 0.6 is 11.3 Å². The fourth-order valence-corrected chi connectivity index (χ4v) is 5.76. The molecule has 4 N–H and O–H groups in total. The molecule has 8 atom stereocenters. The fraction of sp³-hybridized carbons (Fsp3) is 0.741. The van der Waals surface area contributed by atoms with Crippen molar-refractivity contribution in [3.05, 3.63) is 21.7 Å². The van der Waals surface area contributed by atoms with Crippen molar-refractivity contribution in [1.29, 1.82) is 0 Å². The van der Waals surface area contributed by atoms with E-state index in [1.54, 1.807) is 32.1 Å². The van der Waals surface area contributed by atoms with Crippen LogP contribution in [-0.4, -0.2) is 63.0 Å². The van der Waals surface area contributed by atoms with Crippen LogP contribution < -0.4 is 5.73 Å². The number of hydrogen-bond acceptors (Lipinski definition) is 9. The zero-order chi connectivity index (χ0) is 27.0. The summed E-state index contributed by atoms with van der Waals surface area (Å²) in [5, 5.41) is 24.6. The molecular weight excluding hydrogens is 480 g/mol. The minimum absolute atomic E-state index is 0. The molecule has 0 saturated carbocycles. The second-order valence-corrected chi connectivity index (χ2v) is 12.5. The third-order valence-corrected chi connectivity index (χ3v) is 8.86. The van der Waals surface area contributed by atoms with Gasteiger partial charge in [-0.25, -0.2) is 4.98 Å². The Morgan fingerprint density at radius 1 is 1.31 bits per heavy atom. The largest absolute Gasteiger partial charge is 0.457 e. The van der Waals surface area contributed by atoms with Gasteiger partial charge in [-0.15, -0.1) is 11.3 Å². The number of Topliss-reactive ketones (excluding diaryl/α,β-unsaturated/α-hetero) is 1. The number of carbonyl (C=O) groups excluding carboxylic acids is 2. The molecule has 0 aliphatic carbocycles. The normalized spacial score (nSPS) is 37.3. The number of rotatable bonds is 3. The Morgan fingerprint density at radius 2 is 1.97 bits per heavy atom. The van der Waals surface area contributed by atoms with Crippen molar-refractivity contribution in [1.82, 2.24) is 4.98 Å². The van der Waals surface area contributed by atoms with E-state index in [2.05, 4.69) is 4.98 Å². The molecule has 9 heteroatoms.